The quantitative estimate of drug-likeness (QED) is 0.812. The van der Waals surface area contributed by atoms with Gasteiger partial charge in [-0.2, -0.15) is 0 Å². The highest BCUT2D eigenvalue weighted by molar-refractivity contribution is 5.83. The topological polar surface area (TPSA) is 46.3 Å². The predicted molar refractivity (Wildman–Crippen MR) is 85.4 cm³/mol. The number of carbonyl (C=O) groups is 1. The molecule has 0 radical (unpaired) electrons. The Hall–Kier alpha value is -0.570. The van der Waals surface area contributed by atoms with E-state index in [0.717, 1.165) is 44.7 Å². The smallest absolute Gasteiger partial charge is 0.230 e. The van der Waals surface area contributed by atoms with Crippen LogP contribution in [0.5, 0.6) is 0 Å². The summed E-state index contributed by atoms with van der Waals surface area (Å²) < 4.78 is 0. The Labute approximate surface area is 125 Å². The van der Waals surface area contributed by atoms with Crippen LogP contribution in [0.3, 0.4) is 0 Å². The molecule has 0 bridgehead atoms. The molecule has 1 rings (SSSR count). The minimum Gasteiger partial charge on any atom is -0.342 e. The van der Waals surface area contributed by atoms with Gasteiger partial charge in [-0.05, 0) is 43.4 Å². The van der Waals surface area contributed by atoms with Crippen molar-refractivity contribution in [2.24, 2.45) is 28.9 Å². The Kier molecular flexibility index (Phi) is 6.50. The third kappa shape index (κ3) is 4.47. The molecule has 0 saturated heterocycles. The highest BCUT2D eigenvalue weighted by Crippen LogP contribution is 2.39. The maximum atomic E-state index is 13.1. The molecule has 3 heteroatoms. The van der Waals surface area contributed by atoms with Crippen molar-refractivity contribution < 1.29 is 4.79 Å². The summed E-state index contributed by atoms with van der Waals surface area (Å²) in [6.07, 6.45) is 4.21. The van der Waals surface area contributed by atoms with Crippen molar-refractivity contribution in [3.05, 3.63) is 0 Å². The first kappa shape index (κ1) is 17.5. The number of hydrogen-bond acceptors (Lipinski definition) is 2. The number of hydrogen-bond donors (Lipinski definition) is 1. The standard InChI is InChI=1S/C17H34N2O/c1-13(2)10-19(11-14(3)4)16(20)17(12-18)8-6-15(5)7-9-17/h13-15H,6-12,18H2,1-5H3. The zero-order chi connectivity index (χ0) is 15.3. The van der Waals surface area contributed by atoms with E-state index in [1.165, 1.54) is 0 Å². The third-order valence-corrected chi connectivity index (χ3v) is 4.53. The lowest BCUT2D eigenvalue weighted by molar-refractivity contribution is -0.145. The predicted octanol–water partition coefficient (Wildman–Crippen LogP) is 3.28. The van der Waals surface area contributed by atoms with Gasteiger partial charge >= 0.3 is 0 Å². The second-order valence-electron chi connectivity index (χ2n) is 7.66. The highest BCUT2D eigenvalue weighted by Gasteiger charge is 2.42. The molecule has 1 amide bonds. The number of nitrogens with two attached hydrogens (primary N) is 1. The van der Waals surface area contributed by atoms with Crippen LogP contribution in [-0.4, -0.2) is 30.4 Å². The van der Waals surface area contributed by atoms with Gasteiger partial charge in [-0.1, -0.05) is 34.6 Å². The van der Waals surface area contributed by atoms with Gasteiger partial charge < -0.3 is 10.6 Å². The van der Waals surface area contributed by atoms with Gasteiger partial charge in [-0.15, -0.1) is 0 Å². The van der Waals surface area contributed by atoms with E-state index < -0.39 is 0 Å². The van der Waals surface area contributed by atoms with E-state index in [9.17, 15) is 4.79 Å². The third-order valence-electron chi connectivity index (χ3n) is 4.53. The molecule has 0 aromatic heterocycles. The molecule has 2 N–H and O–H groups in total. The molecule has 118 valence electrons. The number of rotatable bonds is 6. The molecular weight excluding hydrogens is 248 g/mol. The van der Waals surface area contributed by atoms with Gasteiger partial charge in [0.05, 0.1) is 5.41 Å². The lowest BCUT2D eigenvalue weighted by atomic mass is 9.70. The van der Waals surface area contributed by atoms with E-state index in [-0.39, 0.29) is 5.41 Å². The summed E-state index contributed by atoms with van der Waals surface area (Å²) in [5.74, 6) is 2.07. The van der Waals surface area contributed by atoms with Gasteiger partial charge in [0.1, 0.15) is 0 Å². The van der Waals surface area contributed by atoms with Crippen molar-refractivity contribution in [2.75, 3.05) is 19.6 Å². The molecule has 0 heterocycles. The van der Waals surface area contributed by atoms with Crippen LogP contribution >= 0.6 is 0 Å². The van der Waals surface area contributed by atoms with E-state index in [1.54, 1.807) is 0 Å². The highest BCUT2D eigenvalue weighted by atomic mass is 16.2. The SMILES string of the molecule is CC(C)CN(CC(C)C)C(=O)C1(CN)CCC(C)CC1. The Balaban J connectivity index is 2.84. The van der Waals surface area contributed by atoms with Gasteiger partial charge in [0.25, 0.3) is 0 Å². The van der Waals surface area contributed by atoms with Crippen LogP contribution in [0.2, 0.25) is 0 Å². The minimum atomic E-state index is -0.281. The van der Waals surface area contributed by atoms with Crippen molar-refractivity contribution in [3.8, 4) is 0 Å². The Morgan fingerprint density at radius 2 is 1.60 bits per heavy atom. The van der Waals surface area contributed by atoms with Crippen LogP contribution < -0.4 is 5.73 Å². The van der Waals surface area contributed by atoms with Gasteiger partial charge in [0.2, 0.25) is 5.91 Å². The van der Waals surface area contributed by atoms with Gasteiger partial charge in [-0.3, -0.25) is 4.79 Å². The minimum absolute atomic E-state index is 0.281. The van der Waals surface area contributed by atoms with Crippen LogP contribution in [0.25, 0.3) is 0 Å². The van der Waals surface area contributed by atoms with Crippen molar-refractivity contribution in [1.82, 2.24) is 4.90 Å². The summed E-state index contributed by atoms with van der Waals surface area (Å²) in [5.41, 5.74) is 5.76. The Bertz CT molecular complexity index is 294. The van der Waals surface area contributed by atoms with Crippen molar-refractivity contribution >= 4 is 5.91 Å². The molecule has 0 aliphatic heterocycles. The van der Waals surface area contributed by atoms with Crippen LogP contribution in [0.4, 0.5) is 0 Å². The van der Waals surface area contributed by atoms with E-state index in [0.29, 0.717) is 24.3 Å². The number of amides is 1. The van der Waals surface area contributed by atoms with E-state index in [2.05, 4.69) is 39.5 Å². The first-order chi connectivity index (χ1) is 9.30. The monoisotopic (exact) mass is 282 g/mol. The average molecular weight is 282 g/mol. The van der Waals surface area contributed by atoms with Crippen molar-refractivity contribution in [2.45, 2.75) is 60.3 Å². The molecule has 0 aromatic carbocycles. The van der Waals surface area contributed by atoms with Crippen LogP contribution in [0.1, 0.15) is 60.3 Å². The summed E-state index contributed by atoms with van der Waals surface area (Å²) in [6, 6.07) is 0. The maximum absolute atomic E-state index is 13.1. The van der Waals surface area contributed by atoms with Crippen LogP contribution in [0.15, 0.2) is 0 Å². The molecule has 0 atom stereocenters. The maximum Gasteiger partial charge on any atom is 0.230 e. The fourth-order valence-corrected chi connectivity index (χ4v) is 3.28. The fourth-order valence-electron chi connectivity index (χ4n) is 3.28. The second-order valence-corrected chi connectivity index (χ2v) is 7.66. The first-order valence-electron chi connectivity index (χ1n) is 8.30. The first-order valence-corrected chi connectivity index (χ1v) is 8.30. The lowest BCUT2D eigenvalue weighted by Gasteiger charge is -2.41. The van der Waals surface area contributed by atoms with Gasteiger partial charge in [0, 0.05) is 19.6 Å². The molecule has 1 aliphatic rings. The number of nitrogens with zero attached hydrogens (tertiary/aromatic N) is 1. The Morgan fingerprint density at radius 1 is 1.15 bits per heavy atom. The Morgan fingerprint density at radius 3 is 1.95 bits per heavy atom. The van der Waals surface area contributed by atoms with Crippen LogP contribution in [-0.2, 0) is 4.79 Å². The molecule has 3 nitrogen and oxygen atoms in total. The van der Waals surface area contributed by atoms with Crippen molar-refractivity contribution in [3.63, 3.8) is 0 Å². The summed E-state index contributed by atoms with van der Waals surface area (Å²) in [7, 11) is 0. The van der Waals surface area contributed by atoms with E-state index in [4.69, 9.17) is 5.73 Å². The fraction of sp³-hybridized carbons (Fsp3) is 0.941. The molecule has 0 spiro atoms. The largest absolute Gasteiger partial charge is 0.342 e. The molecule has 0 aromatic rings. The normalized spacial score (nSPS) is 27.1. The molecule has 1 fully saturated rings. The molecule has 1 saturated carbocycles. The second kappa shape index (κ2) is 7.44. The average Bonchev–Trinajstić information content (AvgIpc) is 2.37. The summed E-state index contributed by atoms with van der Waals surface area (Å²) in [6.45, 7) is 13.2. The molecule has 0 unspecified atom stereocenters. The van der Waals surface area contributed by atoms with Crippen LogP contribution in [0, 0.1) is 23.2 Å². The summed E-state index contributed by atoms with van der Waals surface area (Å²) in [5, 5.41) is 0. The zero-order valence-electron chi connectivity index (χ0n) is 14.1. The number of carbonyl (C=O) groups excluding carboxylic acids is 1. The molecular formula is C17H34N2O. The van der Waals surface area contributed by atoms with E-state index >= 15 is 0 Å². The van der Waals surface area contributed by atoms with Gasteiger partial charge in [-0.25, -0.2) is 0 Å². The van der Waals surface area contributed by atoms with Crippen molar-refractivity contribution in [1.29, 1.82) is 0 Å². The zero-order valence-corrected chi connectivity index (χ0v) is 14.1. The summed E-state index contributed by atoms with van der Waals surface area (Å²) in [4.78, 5) is 15.2. The molecule has 1 aliphatic carbocycles. The summed E-state index contributed by atoms with van der Waals surface area (Å²) >= 11 is 0. The van der Waals surface area contributed by atoms with Gasteiger partial charge in [0.15, 0.2) is 0 Å². The van der Waals surface area contributed by atoms with E-state index in [1.807, 2.05) is 0 Å². The molecule has 20 heavy (non-hydrogen) atoms. The lowest BCUT2D eigenvalue weighted by Crippen LogP contribution is -2.51.